The molecule has 19 nitrogen and oxygen atoms in total. The average Bonchev–Trinajstić information content (AvgIpc) is 3.38. The van der Waals surface area contributed by atoms with Gasteiger partial charge in [0.15, 0.2) is 0 Å². The van der Waals surface area contributed by atoms with Crippen LogP contribution in [0.25, 0.3) is 0 Å². The van der Waals surface area contributed by atoms with Gasteiger partial charge in [0.1, 0.15) is 61.2 Å². The number of hydrogen-bond acceptors (Lipinski definition) is 15. The molecule has 0 bridgehead atoms. The van der Waals surface area contributed by atoms with Crippen molar-refractivity contribution in [1.29, 1.82) is 0 Å². The van der Waals surface area contributed by atoms with E-state index in [-0.39, 0.29) is 77.1 Å². The molecule has 6 N–H and O–H groups in total. The van der Waals surface area contributed by atoms with Gasteiger partial charge in [-0.15, -0.1) is 0 Å². The number of rotatable bonds is 30. The second-order valence-corrected chi connectivity index (χ2v) is 19.2. The molecule has 0 saturated carbocycles. The smallest absolute Gasteiger partial charge is 0.407 e. The molecule has 0 unspecified atom stereocenters. The summed E-state index contributed by atoms with van der Waals surface area (Å²) in [5, 5.41) is 10.8. The first-order chi connectivity index (χ1) is 36.3. The van der Waals surface area contributed by atoms with Gasteiger partial charge in [-0.2, -0.15) is 0 Å². The minimum absolute atomic E-state index is 0.104. The zero-order valence-corrected chi connectivity index (χ0v) is 45.2. The monoisotopic (exact) mass is 1060 g/mol. The Hall–Kier alpha value is -7.22. The molecule has 76 heavy (non-hydrogen) atoms. The lowest BCUT2D eigenvalue weighted by Crippen LogP contribution is -2.43. The maximum Gasteiger partial charge on any atom is 0.407 e. The van der Waals surface area contributed by atoms with E-state index in [4.69, 9.17) is 43.6 Å². The maximum absolute atomic E-state index is 12.9. The first-order valence-electron chi connectivity index (χ1n) is 25.5. The summed E-state index contributed by atoms with van der Waals surface area (Å²) in [6.45, 7) is 15.9. The van der Waals surface area contributed by atoms with Crippen molar-refractivity contribution < 1.29 is 66.7 Å². The number of carbonyl (C=O) groups excluding carboxylic acids is 6. The zero-order chi connectivity index (χ0) is 55.6. The fourth-order valence-corrected chi connectivity index (χ4v) is 6.53. The fourth-order valence-electron chi connectivity index (χ4n) is 6.53. The van der Waals surface area contributed by atoms with E-state index in [1.54, 1.807) is 65.8 Å². The quantitative estimate of drug-likeness (QED) is 0.0202. The second kappa shape index (κ2) is 35.1. The second-order valence-electron chi connectivity index (χ2n) is 19.2. The lowest BCUT2D eigenvalue weighted by molar-refractivity contribution is -0.149. The van der Waals surface area contributed by atoms with Crippen LogP contribution >= 0.6 is 0 Å². The summed E-state index contributed by atoms with van der Waals surface area (Å²) in [7, 11) is 0. The number of benzene rings is 4. The van der Waals surface area contributed by atoms with Crippen LogP contribution < -0.4 is 36.5 Å². The van der Waals surface area contributed by atoms with E-state index in [1.165, 1.54) is 0 Å². The topological polar surface area (TPSA) is 250 Å². The molecule has 4 aromatic carbocycles. The Morgan fingerprint density at radius 2 is 0.868 bits per heavy atom. The molecule has 0 aliphatic carbocycles. The van der Waals surface area contributed by atoms with Crippen molar-refractivity contribution in [1.82, 2.24) is 21.3 Å². The Bertz CT molecular complexity index is 2140. The highest BCUT2D eigenvalue weighted by molar-refractivity contribution is 5.85. The van der Waals surface area contributed by atoms with E-state index in [0.29, 0.717) is 44.4 Å². The van der Waals surface area contributed by atoms with Gasteiger partial charge in [0.05, 0.1) is 32.9 Å². The van der Waals surface area contributed by atoms with Gasteiger partial charge in [0.2, 0.25) is 11.8 Å². The molecule has 0 radical (unpaired) electrons. The molecule has 0 spiro atoms. The van der Waals surface area contributed by atoms with Gasteiger partial charge in [-0.05, 0) is 94.5 Å². The summed E-state index contributed by atoms with van der Waals surface area (Å²) >= 11 is 0. The highest BCUT2D eigenvalue weighted by atomic mass is 16.6. The molecule has 4 aromatic rings. The average molecular weight is 1060 g/mol. The highest BCUT2D eigenvalue weighted by Crippen LogP contribution is 2.17. The van der Waals surface area contributed by atoms with Crippen LogP contribution in [0.5, 0.6) is 11.5 Å². The molecule has 4 rings (SSSR count). The lowest BCUT2D eigenvalue weighted by Gasteiger charge is -2.19. The van der Waals surface area contributed by atoms with Crippen LogP contribution in [-0.2, 0) is 73.7 Å². The summed E-state index contributed by atoms with van der Waals surface area (Å²) in [6.07, 6.45) is 0.629. The number of esters is 2. The summed E-state index contributed by atoms with van der Waals surface area (Å²) in [6, 6.07) is 31.3. The van der Waals surface area contributed by atoms with Crippen molar-refractivity contribution in [3.05, 3.63) is 131 Å². The number of carbonyl (C=O) groups is 6. The van der Waals surface area contributed by atoms with E-state index in [2.05, 4.69) is 21.3 Å². The zero-order valence-electron chi connectivity index (χ0n) is 45.2. The van der Waals surface area contributed by atoms with Gasteiger partial charge in [-0.3, -0.25) is 9.59 Å². The summed E-state index contributed by atoms with van der Waals surface area (Å²) in [5.74, 6) is -0.422. The Morgan fingerprint density at radius 3 is 1.22 bits per heavy atom. The van der Waals surface area contributed by atoms with E-state index in [0.717, 1.165) is 28.7 Å². The molecule has 0 fully saturated rings. The predicted molar refractivity (Wildman–Crippen MR) is 286 cm³/mol. The summed E-state index contributed by atoms with van der Waals surface area (Å²) in [5.41, 5.74) is 7.62. The van der Waals surface area contributed by atoms with Gasteiger partial charge in [-0.1, -0.05) is 91.9 Å². The lowest BCUT2D eigenvalue weighted by atomic mass is 10.1. The van der Waals surface area contributed by atoms with Crippen molar-refractivity contribution in [3.63, 3.8) is 0 Å². The van der Waals surface area contributed by atoms with Crippen molar-refractivity contribution in [2.75, 3.05) is 59.3 Å². The van der Waals surface area contributed by atoms with Crippen LogP contribution in [0, 0.1) is 0 Å². The summed E-state index contributed by atoms with van der Waals surface area (Å²) < 4.78 is 43.3. The minimum Gasteiger partial charge on any atom is -0.492 e. The molecule has 19 heteroatoms. The first-order valence-corrected chi connectivity index (χ1v) is 25.5. The van der Waals surface area contributed by atoms with Crippen LogP contribution in [0.15, 0.2) is 109 Å². The number of nitrogens with two attached hydrogens (primary N) is 1. The molecular weight excluding hydrogens is 979 g/mol. The van der Waals surface area contributed by atoms with Crippen molar-refractivity contribution in [3.8, 4) is 11.5 Å². The molecule has 0 aliphatic heterocycles. The molecule has 0 saturated heterocycles. The van der Waals surface area contributed by atoms with Gasteiger partial charge >= 0.3 is 24.1 Å². The Labute approximate surface area is 447 Å². The molecule has 416 valence electrons. The SMILES string of the molecule is CC(C)(C)OC(=O)NCCOc1ccc(C[C@H](NC(=O)CCOCCN)C(=O)OCc2ccccc2)cc1.CCCOCCC(=O)N[C@@H](Cc1ccc(OCCNC(=O)OC(C)(C)C)cc1)C(=O)OCc1ccccc1. The first kappa shape index (κ1) is 63.1. The Balaban J connectivity index is 0.000000400. The van der Waals surface area contributed by atoms with Gasteiger partial charge in [0, 0.05) is 38.8 Å². The molecule has 2 atom stereocenters. The predicted octanol–water partition coefficient (Wildman–Crippen LogP) is 6.90. The van der Waals surface area contributed by atoms with Crippen molar-refractivity contribution >= 4 is 35.9 Å². The maximum atomic E-state index is 12.9. The largest absolute Gasteiger partial charge is 0.492 e. The van der Waals surface area contributed by atoms with Gasteiger partial charge in [0.25, 0.3) is 0 Å². The molecule has 0 heterocycles. The highest BCUT2D eigenvalue weighted by Gasteiger charge is 2.25. The number of nitrogens with one attached hydrogen (secondary N) is 4. The van der Waals surface area contributed by atoms with Crippen molar-refractivity contribution in [2.45, 2.75) is 117 Å². The third kappa shape index (κ3) is 29.6. The number of ether oxygens (including phenoxy) is 8. The molecular formula is C57H79N5O14. The van der Waals surface area contributed by atoms with E-state index < -0.39 is 47.4 Å². The minimum atomic E-state index is -0.870. The van der Waals surface area contributed by atoms with Crippen LogP contribution in [-0.4, -0.2) is 119 Å². The number of hydrogen-bond donors (Lipinski definition) is 5. The fraction of sp³-hybridized carbons (Fsp3) is 0.474. The Morgan fingerprint density at radius 1 is 0.487 bits per heavy atom. The van der Waals surface area contributed by atoms with Crippen LogP contribution in [0.4, 0.5) is 9.59 Å². The molecule has 4 amide bonds. The van der Waals surface area contributed by atoms with Crippen LogP contribution in [0.2, 0.25) is 0 Å². The van der Waals surface area contributed by atoms with Gasteiger partial charge < -0.3 is 64.9 Å². The van der Waals surface area contributed by atoms with E-state index in [1.807, 2.05) is 91.9 Å². The third-order valence-corrected chi connectivity index (χ3v) is 10.0. The van der Waals surface area contributed by atoms with Gasteiger partial charge in [-0.25, -0.2) is 19.2 Å². The molecule has 0 aromatic heterocycles. The van der Waals surface area contributed by atoms with Crippen molar-refractivity contribution in [2.24, 2.45) is 5.73 Å². The third-order valence-electron chi connectivity index (χ3n) is 10.0. The number of amides is 4. The Kier molecular flexibility index (Phi) is 29.1. The summed E-state index contributed by atoms with van der Waals surface area (Å²) in [4.78, 5) is 74.0. The standard InChI is InChI=1S/C29H40N2O7.C28H39N3O7/c1-5-17-35-18-15-26(32)31-25(27(33)37-21-23-9-7-6-8-10-23)20-22-11-13-24(14-12-22)36-19-16-30-28(34)38-29(2,3)4;1-28(2,3)38-27(34)30-15-18-36-23-11-9-21(10-12-23)19-24(31-25(32)13-16-35-17-14-29)26(33)37-20-22-7-5-4-6-8-22/h6-14,25H,5,15-21H2,1-4H3,(H,30,34)(H,31,32);4-12,24H,13-20,29H2,1-3H3,(H,30,34)(H,31,32)/t25-;24-/m00/s1. The van der Waals surface area contributed by atoms with E-state index in [9.17, 15) is 28.8 Å². The van der Waals surface area contributed by atoms with Crippen LogP contribution in [0.3, 0.4) is 0 Å². The number of alkyl carbamates (subject to hydrolysis) is 2. The van der Waals surface area contributed by atoms with E-state index >= 15 is 0 Å². The van der Waals surface area contributed by atoms with Crippen LogP contribution in [0.1, 0.15) is 90.0 Å². The normalized spacial score (nSPS) is 11.8. The molecule has 0 aliphatic rings.